The number of nitrogens with one attached hydrogen (secondary N) is 3. The number of hydrogen-bond donors (Lipinski definition) is 2. The van der Waals surface area contributed by atoms with E-state index in [0.717, 1.165) is 35.2 Å². The van der Waals surface area contributed by atoms with Gasteiger partial charge in [0.25, 0.3) is 5.52 Å². The number of phenolic OH excluding ortho intramolecular Hbond substituents is 1. The van der Waals surface area contributed by atoms with Crippen LogP contribution in [0.2, 0.25) is 0 Å². The van der Waals surface area contributed by atoms with E-state index in [2.05, 4.69) is 34.2 Å². The molecule has 1 atom stereocenters. The molecule has 23 heavy (non-hydrogen) atoms. The Kier molecular flexibility index (Phi) is 3.67. The molecule has 3 aromatic rings. The number of pyridine rings is 2. The second-order valence-corrected chi connectivity index (χ2v) is 6.25. The SMILES string of the molecule is Oc1c(C(c2cccc[nH+]2)[NH+]2CCCC2)ccc2ccc[nH+]c12. The van der Waals surface area contributed by atoms with Gasteiger partial charge in [-0.1, -0.05) is 0 Å². The third-order valence-corrected chi connectivity index (χ3v) is 4.85. The monoisotopic (exact) mass is 308 g/mol. The molecule has 3 heterocycles. The van der Waals surface area contributed by atoms with Crippen LogP contribution in [0, 0.1) is 0 Å². The standard InChI is InChI=1S/C19H19N3O/c23-19-15(9-8-14-6-5-11-21-17(14)19)18(22-12-3-4-13-22)16-7-1-2-10-20-16/h1-2,5-11,18,23H,3-4,12-13H2/p+3. The largest absolute Gasteiger partial charge is 0.502 e. The van der Waals surface area contributed by atoms with Crippen molar-refractivity contribution < 1.29 is 20.0 Å². The first-order valence-corrected chi connectivity index (χ1v) is 8.28. The zero-order valence-corrected chi connectivity index (χ0v) is 13.0. The summed E-state index contributed by atoms with van der Waals surface area (Å²) in [6, 6.07) is 14.4. The number of benzene rings is 1. The van der Waals surface area contributed by atoms with Gasteiger partial charge in [-0.3, -0.25) is 0 Å². The summed E-state index contributed by atoms with van der Waals surface area (Å²) in [6.07, 6.45) is 6.32. The molecule has 1 aliphatic heterocycles. The lowest BCUT2D eigenvalue weighted by Crippen LogP contribution is -3.10. The van der Waals surface area contributed by atoms with Crippen LogP contribution in [0.3, 0.4) is 0 Å². The van der Waals surface area contributed by atoms with Gasteiger partial charge in [-0.05, 0) is 24.3 Å². The lowest BCUT2D eigenvalue weighted by atomic mass is 9.98. The number of H-pyrrole nitrogens is 2. The third-order valence-electron chi connectivity index (χ3n) is 4.85. The minimum atomic E-state index is 0.136. The average molecular weight is 308 g/mol. The van der Waals surface area contributed by atoms with E-state index in [9.17, 15) is 5.11 Å². The fourth-order valence-electron chi connectivity index (χ4n) is 3.74. The topological polar surface area (TPSA) is 53.0 Å². The number of aromatic nitrogens is 2. The predicted molar refractivity (Wildman–Crippen MR) is 86.9 cm³/mol. The molecule has 116 valence electrons. The first-order valence-electron chi connectivity index (χ1n) is 8.28. The molecule has 1 aliphatic rings. The van der Waals surface area contributed by atoms with Gasteiger partial charge in [0.1, 0.15) is 0 Å². The van der Waals surface area contributed by atoms with E-state index in [4.69, 9.17) is 0 Å². The molecule has 0 aliphatic carbocycles. The number of fused-ring (bicyclic) bond motifs is 1. The van der Waals surface area contributed by atoms with Crippen molar-refractivity contribution in [3.63, 3.8) is 0 Å². The summed E-state index contributed by atoms with van der Waals surface area (Å²) in [7, 11) is 0. The van der Waals surface area contributed by atoms with Crippen LogP contribution in [0.25, 0.3) is 10.9 Å². The summed E-state index contributed by atoms with van der Waals surface area (Å²) < 4.78 is 0. The molecule has 4 N–H and O–H groups in total. The summed E-state index contributed by atoms with van der Waals surface area (Å²) >= 11 is 0. The lowest BCUT2D eigenvalue weighted by molar-refractivity contribution is -0.918. The number of rotatable bonds is 3. The lowest BCUT2D eigenvalue weighted by Gasteiger charge is -2.22. The van der Waals surface area contributed by atoms with Crippen molar-refractivity contribution >= 4 is 10.9 Å². The molecule has 1 saturated heterocycles. The quantitative estimate of drug-likeness (QED) is 0.743. The van der Waals surface area contributed by atoms with E-state index in [0.29, 0.717) is 5.75 Å². The first-order chi connectivity index (χ1) is 11.3. The third kappa shape index (κ3) is 2.55. The Morgan fingerprint density at radius 1 is 0.913 bits per heavy atom. The van der Waals surface area contributed by atoms with Gasteiger partial charge in [0, 0.05) is 31.0 Å². The maximum Gasteiger partial charge on any atom is 0.253 e. The van der Waals surface area contributed by atoms with Crippen molar-refractivity contribution in [3.05, 3.63) is 66.1 Å². The Hall–Kier alpha value is -2.46. The minimum Gasteiger partial charge on any atom is -0.502 e. The fraction of sp³-hybridized carbons (Fsp3) is 0.263. The van der Waals surface area contributed by atoms with Crippen molar-refractivity contribution in [3.8, 4) is 5.75 Å². The summed E-state index contributed by atoms with van der Waals surface area (Å²) in [5.41, 5.74) is 2.94. The molecule has 0 bridgehead atoms. The molecule has 0 spiro atoms. The van der Waals surface area contributed by atoms with Crippen LogP contribution in [0.15, 0.2) is 54.9 Å². The van der Waals surface area contributed by atoms with Gasteiger partial charge in [-0.15, -0.1) is 0 Å². The van der Waals surface area contributed by atoms with Gasteiger partial charge in [0.2, 0.25) is 11.7 Å². The number of hydrogen-bond acceptors (Lipinski definition) is 1. The van der Waals surface area contributed by atoms with Crippen LogP contribution >= 0.6 is 0 Å². The van der Waals surface area contributed by atoms with E-state index in [1.54, 1.807) is 0 Å². The van der Waals surface area contributed by atoms with Crippen LogP contribution < -0.4 is 14.9 Å². The molecule has 4 nitrogen and oxygen atoms in total. The van der Waals surface area contributed by atoms with Crippen LogP contribution in [0.5, 0.6) is 5.75 Å². The zero-order valence-electron chi connectivity index (χ0n) is 13.0. The highest BCUT2D eigenvalue weighted by Crippen LogP contribution is 2.31. The van der Waals surface area contributed by atoms with E-state index < -0.39 is 0 Å². The molecular weight excluding hydrogens is 286 g/mol. The Bertz CT molecular complexity index is 813. The normalized spacial score (nSPS) is 16.7. The average Bonchev–Trinajstić information content (AvgIpc) is 3.13. The van der Waals surface area contributed by atoms with Crippen LogP contribution in [0.1, 0.15) is 30.1 Å². The zero-order chi connectivity index (χ0) is 15.6. The van der Waals surface area contributed by atoms with Gasteiger partial charge >= 0.3 is 0 Å². The van der Waals surface area contributed by atoms with Crippen molar-refractivity contribution in [1.29, 1.82) is 0 Å². The van der Waals surface area contributed by atoms with Crippen LogP contribution in [-0.2, 0) is 0 Å². The maximum absolute atomic E-state index is 10.9. The molecule has 0 saturated carbocycles. The van der Waals surface area contributed by atoms with Crippen LogP contribution in [0.4, 0.5) is 0 Å². The van der Waals surface area contributed by atoms with Crippen molar-refractivity contribution in [2.45, 2.75) is 18.9 Å². The minimum absolute atomic E-state index is 0.136. The molecule has 2 aromatic heterocycles. The summed E-state index contributed by atoms with van der Waals surface area (Å²) in [5.74, 6) is 0.366. The molecule has 0 amide bonds. The molecule has 0 radical (unpaired) electrons. The van der Waals surface area contributed by atoms with Crippen molar-refractivity contribution in [2.24, 2.45) is 0 Å². The summed E-state index contributed by atoms with van der Waals surface area (Å²) in [5, 5.41) is 11.9. The van der Waals surface area contributed by atoms with Gasteiger partial charge in [0.05, 0.1) is 24.0 Å². The number of phenols is 1. The Morgan fingerprint density at radius 2 is 1.74 bits per heavy atom. The van der Waals surface area contributed by atoms with Crippen molar-refractivity contribution in [2.75, 3.05) is 13.1 Å². The number of quaternary nitrogens is 1. The maximum atomic E-state index is 10.9. The fourth-order valence-corrected chi connectivity index (χ4v) is 3.74. The number of likely N-dealkylation sites (tertiary alicyclic amines) is 1. The van der Waals surface area contributed by atoms with Crippen LogP contribution in [-0.4, -0.2) is 18.2 Å². The molecule has 4 heteroatoms. The summed E-state index contributed by atoms with van der Waals surface area (Å²) in [6.45, 7) is 2.28. The molecule has 1 aromatic carbocycles. The number of aromatic amines is 2. The highest BCUT2D eigenvalue weighted by atomic mass is 16.3. The van der Waals surface area contributed by atoms with Gasteiger partial charge in [0.15, 0.2) is 18.1 Å². The Labute approximate surface area is 135 Å². The van der Waals surface area contributed by atoms with E-state index in [1.807, 2.05) is 30.6 Å². The smallest absolute Gasteiger partial charge is 0.253 e. The highest BCUT2D eigenvalue weighted by Gasteiger charge is 2.36. The molecule has 1 unspecified atom stereocenters. The predicted octanol–water partition coefficient (Wildman–Crippen LogP) is 0.942. The Morgan fingerprint density at radius 3 is 2.52 bits per heavy atom. The first kappa shape index (κ1) is 14.2. The van der Waals surface area contributed by atoms with Crippen molar-refractivity contribution in [1.82, 2.24) is 0 Å². The molecular formula is C19H22N3O+3. The second kappa shape index (κ2) is 5.97. The number of aromatic hydroxyl groups is 1. The Balaban J connectivity index is 1.88. The van der Waals surface area contributed by atoms with E-state index in [1.165, 1.54) is 17.7 Å². The van der Waals surface area contributed by atoms with E-state index in [-0.39, 0.29) is 6.04 Å². The van der Waals surface area contributed by atoms with Gasteiger partial charge in [-0.2, -0.15) is 0 Å². The highest BCUT2D eigenvalue weighted by molar-refractivity contribution is 5.82. The van der Waals surface area contributed by atoms with Gasteiger partial charge in [-0.25, -0.2) is 9.97 Å². The van der Waals surface area contributed by atoms with Gasteiger partial charge < -0.3 is 10.0 Å². The molecule has 1 fully saturated rings. The molecule has 4 rings (SSSR count). The summed E-state index contributed by atoms with van der Waals surface area (Å²) in [4.78, 5) is 8.08. The second-order valence-electron chi connectivity index (χ2n) is 6.25. The van der Waals surface area contributed by atoms with E-state index >= 15 is 0 Å².